The molecule has 1 fully saturated rings. The first kappa shape index (κ1) is 19.4. The third-order valence-corrected chi connectivity index (χ3v) is 4.84. The molecule has 1 aromatic rings. The molecular weight excluding hydrogens is 316 g/mol. The van der Waals surface area contributed by atoms with Crippen molar-refractivity contribution in [1.82, 2.24) is 10.2 Å². The number of rotatable bonds is 7. The Hall–Kier alpha value is -1.88. The monoisotopic (exact) mass is 346 g/mol. The summed E-state index contributed by atoms with van der Waals surface area (Å²) in [6.45, 7) is 7.45. The van der Waals surface area contributed by atoms with Gasteiger partial charge in [-0.05, 0) is 50.4 Å². The minimum absolute atomic E-state index is 0.0360. The number of piperidine rings is 1. The van der Waals surface area contributed by atoms with E-state index in [0.717, 1.165) is 38.0 Å². The maximum atomic E-state index is 12.6. The molecule has 0 saturated carbocycles. The second kappa shape index (κ2) is 9.56. The van der Waals surface area contributed by atoms with Crippen LogP contribution in [0, 0.1) is 11.8 Å². The van der Waals surface area contributed by atoms with Gasteiger partial charge in [0.1, 0.15) is 0 Å². The SMILES string of the molecule is COC(=O)C(NC(=O)C1CCN(CCC(C)C)CC1)c1ccccc1. The first-order valence-electron chi connectivity index (χ1n) is 9.16. The minimum atomic E-state index is -0.738. The van der Waals surface area contributed by atoms with Crippen molar-refractivity contribution in [3.05, 3.63) is 35.9 Å². The van der Waals surface area contributed by atoms with Crippen LogP contribution in [0.4, 0.5) is 0 Å². The van der Waals surface area contributed by atoms with Crippen molar-refractivity contribution in [1.29, 1.82) is 0 Å². The standard InChI is InChI=1S/C20H30N2O3/c1-15(2)9-12-22-13-10-17(11-14-22)19(23)21-18(20(24)25-3)16-7-5-4-6-8-16/h4-8,15,17-18H,9-14H2,1-3H3,(H,21,23). The van der Waals surface area contributed by atoms with Gasteiger partial charge < -0.3 is 15.0 Å². The Morgan fingerprint density at radius 3 is 2.40 bits per heavy atom. The van der Waals surface area contributed by atoms with E-state index in [2.05, 4.69) is 24.1 Å². The van der Waals surface area contributed by atoms with Crippen LogP contribution in [-0.2, 0) is 14.3 Å². The molecule has 1 aromatic carbocycles. The molecule has 1 saturated heterocycles. The number of carbonyl (C=O) groups is 2. The number of benzene rings is 1. The van der Waals surface area contributed by atoms with Gasteiger partial charge in [-0.3, -0.25) is 4.79 Å². The zero-order valence-electron chi connectivity index (χ0n) is 15.5. The summed E-state index contributed by atoms with van der Waals surface area (Å²) in [6, 6.07) is 8.51. The van der Waals surface area contributed by atoms with Crippen LogP contribution in [0.1, 0.15) is 44.7 Å². The fourth-order valence-corrected chi connectivity index (χ4v) is 3.16. The van der Waals surface area contributed by atoms with E-state index in [4.69, 9.17) is 4.74 Å². The molecule has 0 aromatic heterocycles. The number of ether oxygens (including phenoxy) is 1. The summed E-state index contributed by atoms with van der Waals surface area (Å²) >= 11 is 0. The molecule has 1 heterocycles. The quantitative estimate of drug-likeness (QED) is 0.771. The largest absolute Gasteiger partial charge is 0.467 e. The van der Waals surface area contributed by atoms with Gasteiger partial charge in [-0.2, -0.15) is 0 Å². The van der Waals surface area contributed by atoms with Crippen molar-refractivity contribution in [2.24, 2.45) is 11.8 Å². The van der Waals surface area contributed by atoms with Crippen LogP contribution in [0.3, 0.4) is 0 Å². The number of hydrogen-bond acceptors (Lipinski definition) is 4. The molecule has 1 aliphatic rings. The summed E-state index contributed by atoms with van der Waals surface area (Å²) in [5, 5.41) is 2.89. The van der Waals surface area contributed by atoms with Crippen molar-refractivity contribution in [3.63, 3.8) is 0 Å². The minimum Gasteiger partial charge on any atom is -0.467 e. The molecule has 1 unspecified atom stereocenters. The van der Waals surface area contributed by atoms with E-state index in [1.165, 1.54) is 13.5 Å². The number of nitrogens with zero attached hydrogens (tertiary/aromatic N) is 1. The number of carbonyl (C=O) groups excluding carboxylic acids is 2. The molecule has 0 radical (unpaired) electrons. The topological polar surface area (TPSA) is 58.6 Å². The van der Waals surface area contributed by atoms with Crippen LogP contribution in [-0.4, -0.2) is 43.5 Å². The van der Waals surface area contributed by atoms with Crippen LogP contribution in [0.15, 0.2) is 30.3 Å². The molecule has 2 rings (SSSR count). The van der Waals surface area contributed by atoms with E-state index < -0.39 is 12.0 Å². The van der Waals surface area contributed by atoms with Crippen LogP contribution in [0.25, 0.3) is 0 Å². The van der Waals surface area contributed by atoms with Gasteiger partial charge in [-0.15, -0.1) is 0 Å². The van der Waals surface area contributed by atoms with Crippen LogP contribution in [0.5, 0.6) is 0 Å². The lowest BCUT2D eigenvalue weighted by molar-refractivity contribution is -0.146. The molecule has 0 aliphatic carbocycles. The van der Waals surface area contributed by atoms with E-state index in [0.29, 0.717) is 5.92 Å². The summed E-state index contributed by atoms with van der Waals surface area (Å²) in [4.78, 5) is 27.2. The zero-order chi connectivity index (χ0) is 18.2. The van der Waals surface area contributed by atoms with Crippen molar-refractivity contribution < 1.29 is 14.3 Å². The highest BCUT2D eigenvalue weighted by Gasteiger charge is 2.29. The Morgan fingerprint density at radius 1 is 1.20 bits per heavy atom. The highest BCUT2D eigenvalue weighted by Crippen LogP contribution is 2.21. The number of amides is 1. The second-order valence-electron chi connectivity index (χ2n) is 7.17. The molecule has 1 aliphatic heterocycles. The van der Waals surface area contributed by atoms with Gasteiger partial charge in [-0.1, -0.05) is 44.2 Å². The summed E-state index contributed by atoms with van der Waals surface area (Å²) in [5.74, 6) is 0.176. The van der Waals surface area contributed by atoms with Gasteiger partial charge in [0.25, 0.3) is 0 Å². The van der Waals surface area contributed by atoms with Crippen molar-refractivity contribution in [3.8, 4) is 0 Å². The summed E-state index contributed by atoms with van der Waals surface area (Å²) < 4.78 is 4.86. The maximum absolute atomic E-state index is 12.6. The molecule has 25 heavy (non-hydrogen) atoms. The van der Waals surface area contributed by atoms with E-state index in [1.807, 2.05) is 30.3 Å². The number of hydrogen-bond donors (Lipinski definition) is 1. The normalized spacial score (nSPS) is 17.3. The molecule has 138 valence electrons. The molecular formula is C20H30N2O3. The van der Waals surface area contributed by atoms with Gasteiger partial charge in [0.05, 0.1) is 7.11 Å². The van der Waals surface area contributed by atoms with Gasteiger partial charge >= 0.3 is 5.97 Å². The van der Waals surface area contributed by atoms with Gasteiger partial charge in [0, 0.05) is 5.92 Å². The average molecular weight is 346 g/mol. The molecule has 1 atom stereocenters. The molecule has 1 amide bonds. The number of nitrogens with one attached hydrogen (secondary N) is 1. The lowest BCUT2D eigenvalue weighted by Gasteiger charge is -2.32. The van der Waals surface area contributed by atoms with E-state index in [9.17, 15) is 9.59 Å². The lowest BCUT2D eigenvalue weighted by Crippen LogP contribution is -2.43. The van der Waals surface area contributed by atoms with E-state index in [1.54, 1.807) is 0 Å². The van der Waals surface area contributed by atoms with Crippen molar-refractivity contribution in [2.45, 2.75) is 39.2 Å². The van der Waals surface area contributed by atoms with Crippen LogP contribution >= 0.6 is 0 Å². The number of esters is 1. The fraction of sp³-hybridized carbons (Fsp3) is 0.600. The average Bonchev–Trinajstić information content (AvgIpc) is 2.64. The van der Waals surface area contributed by atoms with Crippen LogP contribution in [0.2, 0.25) is 0 Å². The smallest absolute Gasteiger partial charge is 0.333 e. The fourth-order valence-electron chi connectivity index (χ4n) is 3.16. The highest BCUT2D eigenvalue weighted by molar-refractivity contribution is 5.86. The Labute approximate surface area is 150 Å². The summed E-state index contributed by atoms with van der Waals surface area (Å²) in [5.41, 5.74) is 0.747. The van der Waals surface area contributed by atoms with Crippen molar-refractivity contribution >= 4 is 11.9 Å². The summed E-state index contributed by atoms with van der Waals surface area (Å²) in [6.07, 6.45) is 2.87. The molecule has 5 heteroatoms. The molecule has 5 nitrogen and oxygen atoms in total. The third-order valence-electron chi connectivity index (χ3n) is 4.84. The van der Waals surface area contributed by atoms with Crippen LogP contribution < -0.4 is 5.32 Å². The Bertz CT molecular complexity index is 551. The second-order valence-corrected chi connectivity index (χ2v) is 7.17. The predicted octanol–water partition coefficient (Wildman–Crippen LogP) is 2.78. The molecule has 0 spiro atoms. The highest BCUT2D eigenvalue weighted by atomic mass is 16.5. The number of likely N-dealkylation sites (tertiary alicyclic amines) is 1. The first-order valence-corrected chi connectivity index (χ1v) is 9.16. The van der Waals surface area contributed by atoms with E-state index in [-0.39, 0.29) is 11.8 Å². The van der Waals surface area contributed by atoms with Gasteiger partial charge in [0.15, 0.2) is 6.04 Å². The zero-order valence-corrected chi connectivity index (χ0v) is 15.5. The Kier molecular flexibility index (Phi) is 7.44. The lowest BCUT2D eigenvalue weighted by atomic mass is 9.94. The van der Waals surface area contributed by atoms with Gasteiger partial charge in [-0.25, -0.2) is 4.79 Å². The maximum Gasteiger partial charge on any atom is 0.333 e. The molecule has 0 bridgehead atoms. The Morgan fingerprint density at radius 2 is 1.84 bits per heavy atom. The molecule has 1 N–H and O–H groups in total. The summed E-state index contributed by atoms with van der Waals surface area (Å²) in [7, 11) is 1.34. The van der Waals surface area contributed by atoms with Crippen molar-refractivity contribution in [2.75, 3.05) is 26.7 Å². The predicted molar refractivity (Wildman–Crippen MR) is 98.0 cm³/mol. The first-order chi connectivity index (χ1) is 12.0. The Balaban J connectivity index is 1.90. The third kappa shape index (κ3) is 5.85. The number of methoxy groups -OCH3 is 1. The van der Waals surface area contributed by atoms with Gasteiger partial charge in [0.2, 0.25) is 5.91 Å². The van der Waals surface area contributed by atoms with E-state index >= 15 is 0 Å².